The van der Waals surface area contributed by atoms with E-state index in [0.29, 0.717) is 10.0 Å². The SMILES string of the molecule is CCOC(=O)c1cc(/C=N/N2C(=O)c3ccccc3C2=O)c(O)c(/C=N/N2C(=O)c3ccccc3C2=O)c1. The van der Waals surface area contributed by atoms with Crippen LogP contribution in [0.5, 0.6) is 5.75 Å². The Morgan fingerprint density at radius 1 is 0.763 bits per heavy atom. The van der Waals surface area contributed by atoms with Gasteiger partial charge in [0.25, 0.3) is 23.6 Å². The Kier molecular flexibility index (Phi) is 6.09. The highest BCUT2D eigenvalue weighted by Gasteiger charge is 2.36. The van der Waals surface area contributed by atoms with Crippen LogP contribution in [0.25, 0.3) is 0 Å². The summed E-state index contributed by atoms with van der Waals surface area (Å²) in [5.41, 5.74) is 0.658. The average Bonchev–Trinajstić information content (AvgIpc) is 3.32. The second-order valence-electron chi connectivity index (χ2n) is 8.15. The van der Waals surface area contributed by atoms with Gasteiger partial charge in [0.15, 0.2) is 0 Å². The molecule has 5 rings (SSSR count). The summed E-state index contributed by atoms with van der Waals surface area (Å²) >= 11 is 0. The Morgan fingerprint density at radius 3 is 1.47 bits per heavy atom. The minimum atomic E-state index is -0.724. The van der Waals surface area contributed by atoms with Crippen molar-refractivity contribution in [2.75, 3.05) is 6.61 Å². The monoisotopic (exact) mass is 510 g/mol. The zero-order valence-electron chi connectivity index (χ0n) is 19.8. The maximum absolute atomic E-state index is 12.6. The van der Waals surface area contributed by atoms with Crippen LogP contribution in [0.2, 0.25) is 0 Å². The number of phenols is 1. The fraction of sp³-hybridized carbons (Fsp3) is 0.0741. The van der Waals surface area contributed by atoms with E-state index in [0.717, 1.165) is 12.4 Å². The van der Waals surface area contributed by atoms with Crippen molar-refractivity contribution in [1.29, 1.82) is 0 Å². The molecule has 2 aliphatic heterocycles. The molecule has 0 unspecified atom stereocenters. The predicted molar refractivity (Wildman–Crippen MR) is 133 cm³/mol. The van der Waals surface area contributed by atoms with Crippen molar-refractivity contribution in [3.05, 3.63) is 99.6 Å². The molecule has 0 fully saturated rings. The molecule has 3 aromatic rings. The lowest BCUT2D eigenvalue weighted by atomic mass is 10.0. The van der Waals surface area contributed by atoms with Crippen LogP contribution >= 0.6 is 0 Å². The number of esters is 1. The summed E-state index contributed by atoms with van der Waals surface area (Å²) in [6, 6.07) is 15.0. The second kappa shape index (κ2) is 9.54. The molecule has 0 aliphatic carbocycles. The summed E-state index contributed by atoms with van der Waals surface area (Å²) in [4.78, 5) is 62.9. The maximum Gasteiger partial charge on any atom is 0.338 e. The van der Waals surface area contributed by atoms with Crippen molar-refractivity contribution >= 4 is 42.0 Å². The third-order valence-electron chi connectivity index (χ3n) is 5.85. The molecule has 0 saturated carbocycles. The molecule has 0 spiro atoms. The Hall–Kier alpha value is -5.45. The van der Waals surface area contributed by atoms with Gasteiger partial charge in [0.1, 0.15) is 5.75 Å². The third kappa shape index (κ3) is 4.01. The van der Waals surface area contributed by atoms with Crippen LogP contribution in [0, 0.1) is 0 Å². The molecule has 2 heterocycles. The van der Waals surface area contributed by atoms with E-state index in [2.05, 4.69) is 10.2 Å². The topological polar surface area (TPSA) is 146 Å². The molecule has 188 valence electrons. The lowest BCUT2D eigenvalue weighted by molar-refractivity contribution is 0.0524. The molecule has 4 amide bonds. The number of carbonyl (C=O) groups excluding carboxylic acids is 5. The summed E-state index contributed by atoms with van der Waals surface area (Å²) in [6.07, 6.45) is 2.08. The minimum Gasteiger partial charge on any atom is -0.507 e. The molecule has 0 radical (unpaired) electrons. The van der Waals surface area contributed by atoms with Crippen LogP contribution in [0.1, 0.15) is 69.8 Å². The first-order valence-electron chi connectivity index (χ1n) is 11.4. The first-order chi connectivity index (χ1) is 18.3. The lowest BCUT2D eigenvalue weighted by Crippen LogP contribution is -2.24. The van der Waals surface area contributed by atoms with Gasteiger partial charge in [-0.1, -0.05) is 24.3 Å². The van der Waals surface area contributed by atoms with Gasteiger partial charge >= 0.3 is 5.97 Å². The Balaban J connectivity index is 1.49. The van der Waals surface area contributed by atoms with Crippen LogP contribution in [-0.2, 0) is 4.74 Å². The molecule has 1 N–H and O–H groups in total. The van der Waals surface area contributed by atoms with E-state index < -0.39 is 35.3 Å². The van der Waals surface area contributed by atoms with Gasteiger partial charge in [-0.05, 0) is 43.3 Å². The average molecular weight is 510 g/mol. The van der Waals surface area contributed by atoms with Crippen molar-refractivity contribution in [3.8, 4) is 5.75 Å². The normalized spacial score (nSPS) is 14.7. The third-order valence-corrected chi connectivity index (χ3v) is 5.85. The van der Waals surface area contributed by atoms with E-state index in [1.807, 2.05) is 0 Å². The highest BCUT2D eigenvalue weighted by molar-refractivity contribution is 6.22. The first kappa shape index (κ1) is 24.3. The predicted octanol–water partition coefficient (Wildman–Crippen LogP) is 2.83. The van der Waals surface area contributed by atoms with E-state index in [4.69, 9.17) is 4.74 Å². The number of fused-ring (bicyclic) bond motifs is 2. The number of aromatic hydroxyl groups is 1. The smallest absolute Gasteiger partial charge is 0.338 e. The molecule has 0 bridgehead atoms. The molecular weight excluding hydrogens is 492 g/mol. The van der Waals surface area contributed by atoms with Gasteiger partial charge in [0.2, 0.25) is 0 Å². The van der Waals surface area contributed by atoms with E-state index in [1.165, 1.54) is 36.4 Å². The van der Waals surface area contributed by atoms with E-state index in [-0.39, 0.29) is 45.6 Å². The zero-order valence-corrected chi connectivity index (χ0v) is 19.8. The standard InChI is InChI=1S/C27H18N4O7/c1-2-38-27(37)15-11-16(13-28-30-23(33)18-7-3-4-8-19(18)24(30)34)22(32)17(12-15)14-29-31-25(35)20-9-5-6-10-21(20)26(31)36/h3-14,32H,2H2,1H3/b28-13+,29-14+. The van der Waals surface area contributed by atoms with Crippen LogP contribution in [0.3, 0.4) is 0 Å². The number of amides is 4. The number of hydrogen-bond acceptors (Lipinski definition) is 9. The van der Waals surface area contributed by atoms with Gasteiger partial charge in [-0.3, -0.25) is 19.2 Å². The van der Waals surface area contributed by atoms with Gasteiger partial charge in [0.05, 0.1) is 46.9 Å². The van der Waals surface area contributed by atoms with Crippen LogP contribution in [0.15, 0.2) is 70.9 Å². The van der Waals surface area contributed by atoms with Crippen LogP contribution < -0.4 is 0 Å². The molecule has 2 aliphatic rings. The largest absolute Gasteiger partial charge is 0.507 e. The fourth-order valence-electron chi connectivity index (χ4n) is 4.01. The lowest BCUT2D eigenvalue weighted by Gasteiger charge is -2.10. The molecule has 3 aromatic carbocycles. The Bertz CT molecular complexity index is 1430. The number of benzene rings is 3. The quantitative estimate of drug-likeness (QED) is 0.305. The molecule has 0 aromatic heterocycles. The molecule has 0 saturated heterocycles. The van der Waals surface area contributed by atoms with Gasteiger partial charge in [-0.2, -0.15) is 20.2 Å². The van der Waals surface area contributed by atoms with Crippen LogP contribution in [-0.4, -0.2) is 63.8 Å². The van der Waals surface area contributed by atoms with Crippen molar-refractivity contribution in [2.45, 2.75) is 6.92 Å². The van der Waals surface area contributed by atoms with E-state index in [9.17, 15) is 29.1 Å². The molecular formula is C27H18N4O7. The van der Waals surface area contributed by atoms with Gasteiger partial charge in [-0.15, -0.1) is 0 Å². The maximum atomic E-state index is 12.6. The number of hydrogen-bond donors (Lipinski definition) is 1. The van der Waals surface area contributed by atoms with Crippen molar-refractivity contribution in [1.82, 2.24) is 10.0 Å². The van der Waals surface area contributed by atoms with Crippen LogP contribution in [0.4, 0.5) is 0 Å². The highest BCUT2D eigenvalue weighted by Crippen LogP contribution is 2.27. The number of rotatable bonds is 6. The summed E-state index contributed by atoms with van der Waals surface area (Å²) in [5.74, 6) is -3.73. The highest BCUT2D eigenvalue weighted by atomic mass is 16.5. The minimum absolute atomic E-state index is 0.00253. The summed E-state index contributed by atoms with van der Waals surface area (Å²) in [5, 5.41) is 20.0. The fourth-order valence-corrected chi connectivity index (χ4v) is 4.01. The summed E-state index contributed by atoms with van der Waals surface area (Å²) < 4.78 is 5.04. The molecule has 11 heteroatoms. The first-order valence-corrected chi connectivity index (χ1v) is 11.4. The second-order valence-corrected chi connectivity index (χ2v) is 8.15. The molecule has 11 nitrogen and oxygen atoms in total. The Labute approximate surface area is 215 Å². The number of carbonyl (C=O) groups is 5. The van der Waals surface area contributed by atoms with Crippen molar-refractivity contribution in [2.24, 2.45) is 10.2 Å². The molecule has 38 heavy (non-hydrogen) atoms. The number of hydrazone groups is 2. The van der Waals surface area contributed by atoms with E-state index >= 15 is 0 Å². The van der Waals surface area contributed by atoms with Gasteiger partial charge in [-0.25, -0.2) is 4.79 Å². The van der Waals surface area contributed by atoms with E-state index in [1.54, 1.807) is 31.2 Å². The Morgan fingerprint density at radius 2 is 1.13 bits per heavy atom. The van der Waals surface area contributed by atoms with Gasteiger partial charge < -0.3 is 9.84 Å². The number of imide groups is 2. The molecule has 0 atom stereocenters. The van der Waals surface area contributed by atoms with Gasteiger partial charge in [0, 0.05) is 11.1 Å². The zero-order chi connectivity index (χ0) is 27.0. The summed E-state index contributed by atoms with van der Waals surface area (Å²) in [6.45, 7) is 1.70. The summed E-state index contributed by atoms with van der Waals surface area (Å²) in [7, 11) is 0. The van der Waals surface area contributed by atoms with Crippen molar-refractivity contribution < 1.29 is 33.8 Å². The number of ether oxygens (including phenoxy) is 1. The van der Waals surface area contributed by atoms with Crippen molar-refractivity contribution in [3.63, 3.8) is 0 Å². The number of phenolic OH excluding ortho intramolecular Hbond substituents is 1. The number of nitrogens with zero attached hydrogens (tertiary/aromatic N) is 4.